The van der Waals surface area contributed by atoms with E-state index in [-0.39, 0.29) is 17.0 Å². The first-order chi connectivity index (χ1) is 12.6. The third-order valence-corrected chi connectivity index (χ3v) is 6.29. The second kappa shape index (κ2) is 6.58. The van der Waals surface area contributed by atoms with Gasteiger partial charge in [0.2, 0.25) is 5.91 Å². The molecule has 4 rings (SSSR count). The SMILES string of the molecule is COc1cccc2sc(N3C(=O)CSC3c3ccc([N+](=O)[O-])cc3)nc12. The molecule has 1 amide bonds. The zero-order chi connectivity index (χ0) is 18.3. The number of carbonyl (C=O) groups excluding carboxylic acids is 1. The number of hydrogen-bond acceptors (Lipinski definition) is 7. The number of nitro groups is 1. The number of non-ortho nitro benzene ring substituents is 1. The van der Waals surface area contributed by atoms with Gasteiger partial charge in [0.1, 0.15) is 16.6 Å². The normalized spacial score (nSPS) is 17.0. The van der Waals surface area contributed by atoms with Crippen molar-refractivity contribution in [1.29, 1.82) is 0 Å². The second-order valence-electron chi connectivity index (χ2n) is 5.58. The number of anilines is 1. The van der Waals surface area contributed by atoms with Crippen LogP contribution in [0.2, 0.25) is 0 Å². The Morgan fingerprint density at radius 3 is 2.73 bits per heavy atom. The molecule has 0 aliphatic carbocycles. The van der Waals surface area contributed by atoms with E-state index in [4.69, 9.17) is 4.74 Å². The lowest BCUT2D eigenvalue weighted by Crippen LogP contribution is -2.27. The van der Waals surface area contributed by atoms with E-state index in [0.717, 1.165) is 15.8 Å². The topological polar surface area (TPSA) is 85.6 Å². The van der Waals surface area contributed by atoms with Gasteiger partial charge in [-0.1, -0.05) is 17.4 Å². The lowest BCUT2D eigenvalue weighted by molar-refractivity contribution is -0.384. The molecule has 2 aromatic carbocycles. The first-order valence-corrected chi connectivity index (χ1v) is 9.56. The van der Waals surface area contributed by atoms with Gasteiger partial charge in [-0.25, -0.2) is 4.98 Å². The van der Waals surface area contributed by atoms with Crippen molar-refractivity contribution in [1.82, 2.24) is 4.98 Å². The van der Waals surface area contributed by atoms with Crippen molar-refractivity contribution >= 4 is 50.0 Å². The van der Waals surface area contributed by atoms with E-state index in [1.54, 1.807) is 24.1 Å². The molecule has 0 saturated carbocycles. The maximum Gasteiger partial charge on any atom is 0.269 e. The number of ether oxygens (including phenoxy) is 1. The molecule has 1 saturated heterocycles. The van der Waals surface area contributed by atoms with Crippen molar-refractivity contribution in [2.24, 2.45) is 0 Å². The van der Waals surface area contributed by atoms with Crippen LogP contribution in [0.25, 0.3) is 10.2 Å². The van der Waals surface area contributed by atoms with Crippen LogP contribution >= 0.6 is 23.1 Å². The van der Waals surface area contributed by atoms with Gasteiger partial charge in [-0.3, -0.25) is 19.8 Å². The Balaban J connectivity index is 1.74. The highest BCUT2D eigenvalue weighted by atomic mass is 32.2. The molecule has 1 aliphatic heterocycles. The van der Waals surface area contributed by atoms with Crippen LogP contribution in [0.5, 0.6) is 5.75 Å². The highest BCUT2D eigenvalue weighted by molar-refractivity contribution is 8.00. The van der Waals surface area contributed by atoms with Gasteiger partial charge in [-0.05, 0) is 29.8 Å². The summed E-state index contributed by atoms with van der Waals surface area (Å²) in [5.41, 5.74) is 1.58. The molecule has 132 valence electrons. The first-order valence-electron chi connectivity index (χ1n) is 7.70. The molecule has 7 nitrogen and oxygen atoms in total. The maximum absolute atomic E-state index is 12.5. The number of fused-ring (bicyclic) bond motifs is 1. The number of benzene rings is 2. The van der Waals surface area contributed by atoms with Crippen molar-refractivity contribution in [3.8, 4) is 5.75 Å². The predicted octanol–water partition coefficient (Wildman–Crippen LogP) is 3.99. The molecule has 26 heavy (non-hydrogen) atoms. The highest BCUT2D eigenvalue weighted by Gasteiger charge is 2.36. The van der Waals surface area contributed by atoms with E-state index < -0.39 is 4.92 Å². The van der Waals surface area contributed by atoms with Gasteiger partial charge in [-0.15, -0.1) is 11.8 Å². The summed E-state index contributed by atoms with van der Waals surface area (Å²) >= 11 is 2.91. The Morgan fingerprint density at radius 1 is 1.27 bits per heavy atom. The molecular weight excluding hydrogens is 374 g/mol. The van der Waals surface area contributed by atoms with E-state index in [2.05, 4.69) is 4.98 Å². The molecule has 0 radical (unpaired) electrons. The number of methoxy groups -OCH3 is 1. The van der Waals surface area contributed by atoms with Crippen LogP contribution in [0.15, 0.2) is 42.5 Å². The quantitative estimate of drug-likeness (QED) is 0.497. The summed E-state index contributed by atoms with van der Waals surface area (Å²) in [5.74, 6) is 0.974. The molecule has 1 aromatic heterocycles. The number of thioether (sulfide) groups is 1. The van der Waals surface area contributed by atoms with Gasteiger partial charge in [0.25, 0.3) is 5.69 Å². The number of aromatic nitrogens is 1. The predicted molar refractivity (Wildman–Crippen MR) is 102 cm³/mol. The highest BCUT2D eigenvalue weighted by Crippen LogP contribution is 2.45. The van der Waals surface area contributed by atoms with E-state index >= 15 is 0 Å². The summed E-state index contributed by atoms with van der Waals surface area (Å²) in [6, 6.07) is 12.0. The third-order valence-electron chi connectivity index (χ3n) is 4.05. The molecule has 1 unspecified atom stereocenters. The van der Waals surface area contributed by atoms with Crippen molar-refractivity contribution in [3.05, 3.63) is 58.1 Å². The van der Waals surface area contributed by atoms with Gasteiger partial charge in [0, 0.05) is 12.1 Å². The van der Waals surface area contributed by atoms with Crippen LogP contribution in [0.4, 0.5) is 10.8 Å². The lowest BCUT2D eigenvalue weighted by Gasteiger charge is -2.21. The molecule has 0 bridgehead atoms. The van der Waals surface area contributed by atoms with Gasteiger partial charge < -0.3 is 4.74 Å². The van der Waals surface area contributed by atoms with Crippen LogP contribution in [0, 0.1) is 10.1 Å². The van der Waals surface area contributed by atoms with Crippen molar-refractivity contribution in [3.63, 3.8) is 0 Å². The molecule has 2 heterocycles. The Hall–Kier alpha value is -2.65. The summed E-state index contributed by atoms with van der Waals surface area (Å²) in [6.07, 6.45) is 0. The minimum atomic E-state index is -0.436. The minimum absolute atomic E-state index is 0.0272. The van der Waals surface area contributed by atoms with Gasteiger partial charge in [0.15, 0.2) is 5.13 Å². The standard InChI is InChI=1S/C17H13N3O4S2/c1-24-12-3-2-4-13-15(12)18-17(26-13)19-14(21)9-25-16(19)10-5-7-11(8-6-10)20(22)23/h2-8,16H,9H2,1H3. The van der Waals surface area contributed by atoms with Gasteiger partial charge in [0.05, 0.1) is 22.5 Å². The average molecular weight is 387 g/mol. The number of carbonyl (C=O) groups is 1. The van der Waals surface area contributed by atoms with Crippen molar-refractivity contribution in [2.75, 3.05) is 17.8 Å². The third kappa shape index (κ3) is 2.78. The van der Waals surface area contributed by atoms with Gasteiger partial charge >= 0.3 is 0 Å². The number of thiazole rings is 1. The second-order valence-corrected chi connectivity index (χ2v) is 7.66. The monoisotopic (exact) mass is 387 g/mol. The molecular formula is C17H13N3O4S2. The summed E-state index contributed by atoms with van der Waals surface area (Å²) in [4.78, 5) is 29.2. The van der Waals surface area contributed by atoms with Crippen LogP contribution in [0.1, 0.15) is 10.9 Å². The molecule has 0 N–H and O–H groups in total. The molecule has 1 aliphatic rings. The Morgan fingerprint density at radius 2 is 2.04 bits per heavy atom. The number of nitrogens with zero attached hydrogens (tertiary/aromatic N) is 3. The van der Waals surface area contributed by atoms with Crippen LogP contribution in [-0.2, 0) is 4.79 Å². The summed E-state index contributed by atoms with van der Waals surface area (Å²) in [6.45, 7) is 0. The fourth-order valence-corrected chi connectivity index (χ4v) is 5.07. The van der Waals surface area contributed by atoms with Crippen LogP contribution in [-0.4, -0.2) is 28.7 Å². The number of amides is 1. The molecule has 3 aromatic rings. The largest absolute Gasteiger partial charge is 0.494 e. The fourth-order valence-electron chi connectivity index (χ4n) is 2.82. The number of nitro benzene ring substituents is 1. The van der Waals surface area contributed by atoms with E-state index in [0.29, 0.717) is 16.6 Å². The smallest absolute Gasteiger partial charge is 0.269 e. The Labute approximate surface area is 156 Å². The van der Waals surface area contributed by atoms with Crippen molar-refractivity contribution in [2.45, 2.75) is 5.37 Å². The zero-order valence-electron chi connectivity index (χ0n) is 13.6. The summed E-state index contributed by atoms with van der Waals surface area (Å²) < 4.78 is 6.29. The fraction of sp³-hybridized carbons (Fsp3) is 0.176. The first kappa shape index (κ1) is 16.8. The Kier molecular flexibility index (Phi) is 4.25. The number of rotatable bonds is 4. The van der Waals surface area contributed by atoms with Crippen LogP contribution < -0.4 is 9.64 Å². The summed E-state index contributed by atoms with van der Waals surface area (Å²) in [7, 11) is 1.59. The number of hydrogen-bond donors (Lipinski definition) is 0. The molecule has 9 heteroatoms. The van der Waals surface area contributed by atoms with Crippen molar-refractivity contribution < 1.29 is 14.5 Å². The maximum atomic E-state index is 12.5. The average Bonchev–Trinajstić information content (AvgIpc) is 3.24. The summed E-state index contributed by atoms with van der Waals surface area (Å²) in [5, 5.41) is 11.2. The molecule has 1 atom stereocenters. The molecule has 1 fully saturated rings. The lowest BCUT2D eigenvalue weighted by atomic mass is 10.2. The van der Waals surface area contributed by atoms with Crippen LogP contribution in [0.3, 0.4) is 0 Å². The minimum Gasteiger partial charge on any atom is -0.494 e. The van der Waals surface area contributed by atoms with E-state index in [1.165, 1.54) is 35.2 Å². The zero-order valence-corrected chi connectivity index (χ0v) is 15.3. The van der Waals surface area contributed by atoms with E-state index in [9.17, 15) is 14.9 Å². The van der Waals surface area contributed by atoms with E-state index in [1.807, 2.05) is 18.2 Å². The number of para-hydroxylation sites is 1. The van der Waals surface area contributed by atoms with Gasteiger partial charge in [-0.2, -0.15) is 0 Å². The Bertz CT molecular complexity index is 1000. The molecule has 0 spiro atoms.